The van der Waals surface area contributed by atoms with Crippen LogP contribution in [0.5, 0.6) is 11.6 Å². The van der Waals surface area contributed by atoms with Gasteiger partial charge in [0.2, 0.25) is 5.88 Å². The van der Waals surface area contributed by atoms with E-state index in [-0.39, 0.29) is 11.4 Å². The van der Waals surface area contributed by atoms with Crippen molar-refractivity contribution < 1.29 is 33.3 Å². The molecule has 0 aliphatic rings. The van der Waals surface area contributed by atoms with Crippen LogP contribution in [0.3, 0.4) is 0 Å². The number of aliphatic carboxylic acids is 1. The highest BCUT2D eigenvalue weighted by molar-refractivity contribution is 5.93. The molecule has 2 aromatic carbocycles. The molecule has 3 rings (SSSR count). The molecular weight excluding hydrogens is 400 g/mol. The molecule has 1 amide bonds. The molecule has 0 radical (unpaired) electrons. The molecular formula is C20H17F2N3O5. The molecule has 0 saturated heterocycles. The Hall–Kier alpha value is -3.95. The van der Waals surface area contributed by atoms with Gasteiger partial charge in [-0.05, 0) is 29.8 Å². The first-order chi connectivity index (χ1) is 14.3. The molecule has 0 spiro atoms. The highest BCUT2D eigenvalue weighted by Gasteiger charge is 2.22. The van der Waals surface area contributed by atoms with Crippen LogP contribution in [0.1, 0.15) is 28.5 Å². The number of benzene rings is 2. The van der Waals surface area contributed by atoms with Crippen molar-refractivity contribution in [3.63, 3.8) is 0 Å². The summed E-state index contributed by atoms with van der Waals surface area (Å²) < 4.78 is 32.9. The molecule has 1 atom stereocenters. The first kappa shape index (κ1) is 20.8. The van der Waals surface area contributed by atoms with Gasteiger partial charge in [-0.1, -0.05) is 12.1 Å². The number of carboxylic acid groups (broad SMARTS) is 1. The van der Waals surface area contributed by atoms with Crippen LogP contribution in [0.15, 0.2) is 48.5 Å². The molecule has 0 aliphatic heterocycles. The van der Waals surface area contributed by atoms with E-state index in [0.29, 0.717) is 17.4 Å². The zero-order valence-corrected chi connectivity index (χ0v) is 15.7. The summed E-state index contributed by atoms with van der Waals surface area (Å²) in [7, 11) is 1.48. The smallest absolute Gasteiger partial charge is 0.305 e. The molecule has 0 saturated carbocycles. The molecule has 0 unspecified atom stereocenters. The molecule has 8 nitrogen and oxygen atoms in total. The van der Waals surface area contributed by atoms with Crippen molar-refractivity contribution in [2.24, 2.45) is 0 Å². The lowest BCUT2D eigenvalue weighted by Crippen LogP contribution is -2.30. The number of carbonyl (C=O) groups is 2. The van der Waals surface area contributed by atoms with E-state index in [2.05, 4.69) is 10.4 Å². The molecule has 1 heterocycles. The lowest BCUT2D eigenvalue weighted by molar-refractivity contribution is -0.137. The first-order valence-electron chi connectivity index (χ1n) is 8.69. The fourth-order valence-corrected chi connectivity index (χ4v) is 2.81. The van der Waals surface area contributed by atoms with Crippen LogP contribution in [-0.2, 0) is 4.79 Å². The number of methoxy groups -OCH3 is 1. The van der Waals surface area contributed by atoms with Gasteiger partial charge in [-0.2, -0.15) is 9.78 Å². The zero-order chi connectivity index (χ0) is 21.8. The van der Waals surface area contributed by atoms with E-state index in [1.165, 1.54) is 7.11 Å². The Morgan fingerprint density at radius 2 is 1.87 bits per heavy atom. The fourth-order valence-electron chi connectivity index (χ4n) is 2.81. The largest absolute Gasteiger partial charge is 0.497 e. The maximum atomic E-state index is 14.0. The minimum atomic E-state index is -1.14. The Labute approximate surface area is 169 Å². The predicted molar refractivity (Wildman–Crippen MR) is 101 cm³/mol. The van der Waals surface area contributed by atoms with E-state index in [0.717, 1.165) is 22.9 Å². The number of hydrogen-bond acceptors (Lipinski definition) is 5. The van der Waals surface area contributed by atoms with Gasteiger partial charge in [0.05, 0.1) is 19.6 Å². The van der Waals surface area contributed by atoms with Crippen molar-refractivity contribution in [3.8, 4) is 17.3 Å². The highest BCUT2D eigenvalue weighted by atomic mass is 19.1. The van der Waals surface area contributed by atoms with Crippen LogP contribution < -0.4 is 10.1 Å². The van der Waals surface area contributed by atoms with Gasteiger partial charge in [0, 0.05) is 12.1 Å². The van der Waals surface area contributed by atoms with Crippen molar-refractivity contribution >= 4 is 11.9 Å². The number of aromatic hydroxyl groups is 1. The maximum Gasteiger partial charge on any atom is 0.305 e. The van der Waals surface area contributed by atoms with Gasteiger partial charge in [0.25, 0.3) is 5.91 Å². The first-order valence-corrected chi connectivity index (χ1v) is 8.69. The number of halogens is 2. The van der Waals surface area contributed by atoms with Gasteiger partial charge < -0.3 is 20.3 Å². The number of hydrogen-bond donors (Lipinski definition) is 3. The third-order valence-electron chi connectivity index (χ3n) is 4.26. The number of nitrogens with zero attached hydrogens (tertiary/aromatic N) is 2. The third kappa shape index (κ3) is 4.54. The number of ether oxygens (including phenoxy) is 1. The molecule has 156 valence electrons. The van der Waals surface area contributed by atoms with Crippen LogP contribution in [0.2, 0.25) is 0 Å². The monoisotopic (exact) mass is 417 g/mol. The van der Waals surface area contributed by atoms with Crippen molar-refractivity contribution in [1.29, 1.82) is 0 Å². The summed E-state index contributed by atoms with van der Waals surface area (Å²) in [6.45, 7) is 0. The second-order valence-corrected chi connectivity index (χ2v) is 6.29. The lowest BCUT2D eigenvalue weighted by atomic mass is 10.0. The second kappa shape index (κ2) is 8.60. The number of aromatic nitrogens is 2. The van der Waals surface area contributed by atoms with Gasteiger partial charge >= 0.3 is 5.97 Å². The average Bonchev–Trinajstić information content (AvgIpc) is 3.09. The topological polar surface area (TPSA) is 114 Å². The van der Waals surface area contributed by atoms with Crippen molar-refractivity contribution in [2.75, 3.05) is 7.11 Å². The minimum absolute atomic E-state index is 0.259. The molecule has 10 heteroatoms. The number of carbonyl (C=O) groups excluding carboxylic acids is 1. The van der Waals surface area contributed by atoms with E-state index in [4.69, 9.17) is 4.74 Å². The quantitative estimate of drug-likeness (QED) is 0.545. The van der Waals surface area contributed by atoms with Gasteiger partial charge in [-0.3, -0.25) is 9.59 Å². The van der Waals surface area contributed by atoms with Crippen LogP contribution >= 0.6 is 0 Å². The summed E-state index contributed by atoms with van der Waals surface area (Å²) in [5.41, 5.74) is -0.0231. The van der Waals surface area contributed by atoms with Gasteiger partial charge in [-0.25, -0.2) is 8.78 Å². The minimum Gasteiger partial charge on any atom is -0.497 e. The zero-order valence-electron chi connectivity index (χ0n) is 15.7. The van der Waals surface area contributed by atoms with Crippen LogP contribution in [-0.4, -0.2) is 39.0 Å². The van der Waals surface area contributed by atoms with Gasteiger partial charge in [0.15, 0.2) is 11.5 Å². The molecule has 3 N–H and O–H groups in total. The van der Waals surface area contributed by atoms with E-state index in [1.807, 2.05) is 0 Å². The van der Waals surface area contributed by atoms with Crippen molar-refractivity contribution in [3.05, 3.63) is 71.4 Å². The molecule has 0 bridgehead atoms. The summed E-state index contributed by atoms with van der Waals surface area (Å²) in [6, 6.07) is 9.20. The summed E-state index contributed by atoms with van der Waals surface area (Å²) in [4.78, 5) is 23.8. The Bertz CT molecular complexity index is 1080. The van der Waals surface area contributed by atoms with Crippen LogP contribution in [0.4, 0.5) is 8.78 Å². The van der Waals surface area contributed by atoms with Crippen molar-refractivity contribution in [1.82, 2.24) is 15.1 Å². The molecule has 3 aromatic rings. The summed E-state index contributed by atoms with van der Waals surface area (Å²) in [5, 5.41) is 25.6. The van der Waals surface area contributed by atoms with Crippen LogP contribution in [0, 0.1) is 11.6 Å². The van der Waals surface area contributed by atoms with Crippen molar-refractivity contribution in [2.45, 2.75) is 12.5 Å². The van der Waals surface area contributed by atoms with Gasteiger partial charge in [0.1, 0.15) is 17.3 Å². The summed E-state index contributed by atoms with van der Waals surface area (Å²) in [5.74, 6) is -3.71. The van der Waals surface area contributed by atoms with E-state index < -0.39 is 41.9 Å². The fraction of sp³-hybridized carbons (Fsp3) is 0.150. The number of carboxylic acids is 1. The molecule has 1 aromatic heterocycles. The van der Waals surface area contributed by atoms with Gasteiger partial charge in [-0.15, -0.1) is 0 Å². The number of amides is 1. The standard InChI is InChI=1S/C20H17F2N3O5/c1-30-13-5-2-11(3-6-13)15(10-19(27)28)23-20(29)16-9-18(26)25(24-16)17-7-4-12(21)8-14(17)22/h2-9,15,26H,10H2,1H3,(H,23,29)(H,27,28)/t15-/m0/s1. The number of rotatable bonds is 7. The van der Waals surface area contributed by atoms with E-state index in [9.17, 15) is 28.6 Å². The Balaban J connectivity index is 1.86. The summed E-state index contributed by atoms with van der Waals surface area (Å²) >= 11 is 0. The Morgan fingerprint density at radius 1 is 1.17 bits per heavy atom. The Morgan fingerprint density at radius 3 is 2.47 bits per heavy atom. The van der Waals surface area contributed by atoms with E-state index >= 15 is 0 Å². The summed E-state index contributed by atoms with van der Waals surface area (Å²) in [6.07, 6.45) is -0.405. The Kier molecular flexibility index (Phi) is 5.95. The maximum absolute atomic E-state index is 14.0. The van der Waals surface area contributed by atoms with E-state index in [1.54, 1.807) is 24.3 Å². The SMILES string of the molecule is COc1ccc([C@H](CC(=O)O)NC(=O)c2cc(O)n(-c3ccc(F)cc3F)n2)cc1. The molecule has 0 fully saturated rings. The number of nitrogens with one attached hydrogen (secondary N) is 1. The average molecular weight is 417 g/mol. The third-order valence-corrected chi connectivity index (χ3v) is 4.26. The highest BCUT2D eigenvalue weighted by Crippen LogP contribution is 2.24. The normalized spacial score (nSPS) is 11.7. The van der Waals surface area contributed by atoms with Crippen LogP contribution in [0.25, 0.3) is 5.69 Å². The molecule has 30 heavy (non-hydrogen) atoms. The molecule has 0 aliphatic carbocycles. The second-order valence-electron chi connectivity index (χ2n) is 6.29. The predicted octanol–water partition coefficient (Wildman–Crippen LogP) is 2.81. The lowest BCUT2D eigenvalue weighted by Gasteiger charge is -2.17.